The molecule has 0 atom stereocenters. The summed E-state index contributed by atoms with van der Waals surface area (Å²) in [6, 6.07) is 7.51. The summed E-state index contributed by atoms with van der Waals surface area (Å²) in [5, 5.41) is 8.83. The smallest absolute Gasteiger partial charge is 0.331 e. The standard InChI is InChI=1S/C14H16N2O3/c1-3-15-11-6-4-5-7-12(11)16(14(15)19)9-8-10(2)13(17)18/h4-8H,3,9H2,1-2H3,(H,17,18). The molecule has 19 heavy (non-hydrogen) atoms. The van der Waals surface area contributed by atoms with E-state index in [1.54, 1.807) is 15.2 Å². The maximum atomic E-state index is 12.3. The number of allylic oxidation sites excluding steroid dienone is 1. The second-order valence-corrected chi connectivity index (χ2v) is 4.32. The molecular formula is C14H16N2O3. The van der Waals surface area contributed by atoms with Gasteiger partial charge in [0.1, 0.15) is 0 Å². The Balaban J connectivity index is 2.55. The van der Waals surface area contributed by atoms with Gasteiger partial charge in [0.05, 0.1) is 11.0 Å². The number of benzene rings is 1. The highest BCUT2D eigenvalue weighted by atomic mass is 16.4. The molecule has 0 radical (unpaired) electrons. The lowest BCUT2D eigenvalue weighted by Gasteiger charge is -1.99. The Kier molecular flexibility index (Phi) is 3.55. The van der Waals surface area contributed by atoms with Gasteiger partial charge < -0.3 is 5.11 Å². The first-order valence-electron chi connectivity index (χ1n) is 6.14. The van der Waals surface area contributed by atoms with E-state index in [0.717, 1.165) is 11.0 Å². The van der Waals surface area contributed by atoms with Gasteiger partial charge in [-0.25, -0.2) is 9.59 Å². The molecule has 0 aliphatic carbocycles. The number of para-hydroxylation sites is 2. The molecule has 1 aromatic heterocycles. The fourth-order valence-corrected chi connectivity index (χ4v) is 2.07. The molecule has 2 aromatic rings. The van der Waals surface area contributed by atoms with Crippen molar-refractivity contribution in [3.63, 3.8) is 0 Å². The van der Waals surface area contributed by atoms with Gasteiger partial charge in [-0.3, -0.25) is 9.13 Å². The van der Waals surface area contributed by atoms with Gasteiger partial charge in [0.25, 0.3) is 0 Å². The van der Waals surface area contributed by atoms with Crippen LogP contribution in [0.4, 0.5) is 0 Å². The van der Waals surface area contributed by atoms with Crippen molar-refractivity contribution in [1.29, 1.82) is 0 Å². The third kappa shape index (κ3) is 2.31. The molecule has 5 heteroatoms. The molecule has 0 saturated heterocycles. The molecule has 1 N–H and O–H groups in total. The fraction of sp³-hybridized carbons (Fsp3) is 0.286. The first kappa shape index (κ1) is 13.1. The van der Waals surface area contributed by atoms with Crippen molar-refractivity contribution in [3.8, 4) is 0 Å². The van der Waals surface area contributed by atoms with Gasteiger partial charge in [0.2, 0.25) is 0 Å². The lowest BCUT2D eigenvalue weighted by molar-refractivity contribution is -0.132. The van der Waals surface area contributed by atoms with Gasteiger partial charge in [-0.1, -0.05) is 18.2 Å². The number of carboxylic acids is 1. The van der Waals surface area contributed by atoms with Crippen molar-refractivity contribution in [2.24, 2.45) is 0 Å². The Labute approximate surface area is 110 Å². The van der Waals surface area contributed by atoms with E-state index in [4.69, 9.17) is 5.11 Å². The van der Waals surface area contributed by atoms with E-state index in [1.807, 2.05) is 31.2 Å². The fourth-order valence-electron chi connectivity index (χ4n) is 2.07. The number of aliphatic carboxylic acids is 1. The molecule has 0 aliphatic rings. The average Bonchev–Trinajstić information content (AvgIpc) is 2.67. The first-order valence-corrected chi connectivity index (χ1v) is 6.14. The van der Waals surface area contributed by atoms with Gasteiger partial charge in [-0.2, -0.15) is 0 Å². The van der Waals surface area contributed by atoms with Crippen LogP contribution in [0.3, 0.4) is 0 Å². The minimum Gasteiger partial charge on any atom is -0.478 e. The maximum absolute atomic E-state index is 12.3. The van der Waals surface area contributed by atoms with E-state index in [-0.39, 0.29) is 17.8 Å². The molecule has 0 saturated carbocycles. The van der Waals surface area contributed by atoms with Crippen molar-refractivity contribution in [2.75, 3.05) is 0 Å². The molecule has 0 spiro atoms. The predicted octanol–water partition coefficient (Wildman–Crippen LogP) is 1.85. The summed E-state index contributed by atoms with van der Waals surface area (Å²) >= 11 is 0. The lowest BCUT2D eigenvalue weighted by atomic mass is 10.3. The lowest BCUT2D eigenvalue weighted by Crippen LogP contribution is -2.23. The molecule has 2 rings (SSSR count). The summed E-state index contributed by atoms with van der Waals surface area (Å²) < 4.78 is 3.27. The topological polar surface area (TPSA) is 64.2 Å². The number of rotatable bonds is 4. The monoisotopic (exact) mass is 260 g/mol. The molecule has 100 valence electrons. The molecule has 1 heterocycles. The molecular weight excluding hydrogens is 244 g/mol. The van der Waals surface area contributed by atoms with E-state index >= 15 is 0 Å². The Bertz CT molecular complexity index is 707. The molecule has 0 fully saturated rings. The van der Waals surface area contributed by atoms with Gasteiger partial charge in [-0.15, -0.1) is 0 Å². The van der Waals surface area contributed by atoms with E-state index in [0.29, 0.717) is 6.54 Å². The SMILES string of the molecule is CCn1c(=O)n(CC=C(C)C(=O)O)c2ccccc21. The Morgan fingerprint density at radius 2 is 1.84 bits per heavy atom. The van der Waals surface area contributed by atoms with E-state index in [9.17, 15) is 9.59 Å². The minimum atomic E-state index is -0.965. The van der Waals surface area contributed by atoms with Crippen LogP contribution < -0.4 is 5.69 Å². The maximum Gasteiger partial charge on any atom is 0.331 e. The highest BCUT2D eigenvalue weighted by molar-refractivity contribution is 5.85. The summed E-state index contributed by atoms with van der Waals surface area (Å²) in [4.78, 5) is 23.0. The van der Waals surface area contributed by atoms with Crippen LogP contribution >= 0.6 is 0 Å². The summed E-state index contributed by atoms with van der Waals surface area (Å²) in [7, 11) is 0. The molecule has 0 aliphatic heterocycles. The molecule has 0 bridgehead atoms. The first-order chi connectivity index (χ1) is 9.06. The Morgan fingerprint density at radius 1 is 1.26 bits per heavy atom. The summed E-state index contributed by atoms with van der Waals surface area (Å²) in [5.41, 5.74) is 1.82. The number of nitrogens with zero attached hydrogens (tertiary/aromatic N) is 2. The van der Waals surface area contributed by atoms with E-state index in [1.165, 1.54) is 6.92 Å². The second-order valence-electron chi connectivity index (χ2n) is 4.32. The number of fused-ring (bicyclic) bond motifs is 1. The number of imidazole rings is 1. The number of hydrogen-bond acceptors (Lipinski definition) is 2. The summed E-state index contributed by atoms with van der Waals surface area (Å²) in [5.74, 6) is -0.965. The molecule has 5 nitrogen and oxygen atoms in total. The number of hydrogen-bond donors (Lipinski definition) is 1. The highest BCUT2D eigenvalue weighted by Crippen LogP contribution is 2.12. The zero-order chi connectivity index (χ0) is 14.0. The van der Waals surface area contributed by atoms with Crippen LogP contribution in [0.15, 0.2) is 40.7 Å². The molecule has 1 aromatic carbocycles. The predicted molar refractivity (Wildman–Crippen MR) is 73.3 cm³/mol. The van der Waals surface area contributed by atoms with Gasteiger partial charge >= 0.3 is 11.7 Å². The van der Waals surface area contributed by atoms with Crippen LogP contribution in [0.1, 0.15) is 13.8 Å². The molecule has 0 amide bonds. The number of carbonyl (C=O) groups is 1. The van der Waals surface area contributed by atoms with Crippen LogP contribution in [0.2, 0.25) is 0 Å². The van der Waals surface area contributed by atoms with E-state index in [2.05, 4.69) is 0 Å². The quantitative estimate of drug-likeness (QED) is 0.853. The van der Waals surface area contributed by atoms with Gasteiger partial charge in [0.15, 0.2) is 0 Å². The number of aryl methyl sites for hydroxylation is 1. The Hall–Kier alpha value is -2.30. The third-order valence-corrected chi connectivity index (χ3v) is 3.16. The van der Waals surface area contributed by atoms with Crippen molar-refractivity contribution in [3.05, 3.63) is 46.4 Å². The number of aromatic nitrogens is 2. The van der Waals surface area contributed by atoms with Crippen molar-refractivity contribution in [1.82, 2.24) is 9.13 Å². The van der Waals surface area contributed by atoms with E-state index < -0.39 is 5.97 Å². The van der Waals surface area contributed by atoms with Gasteiger partial charge in [0, 0.05) is 18.7 Å². The van der Waals surface area contributed by atoms with Crippen LogP contribution in [0.25, 0.3) is 11.0 Å². The van der Waals surface area contributed by atoms with Crippen LogP contribution in [-0.2, 0) is 17.9 Å². The van der Waals surface area contributed by atoms with Crippen LogP contribution in [0.5, 0.6) is 0 Å². The van der Waals surface area contributed by atoms with Crippen LogP contribution in [-0.4, -0.2) is 20.2 Å². The summed E-state index contributed by atoms with van der Waals surface area (Å²) in [6.45, 7) is 4.29. The van der Waals surface area contributed by atoms with Crippen LogP contribution in [0, 0.1) is 0 Å². The zero-order valence-electron chi connectivity index (χ0n) is 11.0. The Morgan fingerprint density at radius 3 is 2.37 bits per heavy atom. The minimum absolute atomic E-state index is 0.113. The van der Waals surface area contributed by atoms with Crippen molar-refractivity contribution in [2.45, 2.75) is 26.9 Å². The highest BCUT2D eigenvalue weighted by Gasteiger charge is 2.10. The second kappa shape index (κ2) is 5.14. The van der Waals surface area contributed by atoms with Gasteiger partial charge in [-0.05, 0) is 26.0 Å². The van der Waals surface area contributed by atoms with Crippen molar-refractivity contribution >= 4 is 17.0 Å². The zero-order valence-corrected chi connectivity index (χ0v) is 11.0. The number of carboxylic acid groups (broad SMARTS) is 1. The third-order valence-electron chi connectivity index (χ3n) is 3.16. The molecule has 0 unspecified atom stereocenters. The largest absolute Gasteiger partial charge is 0.478 e. The van der Waals surface area contributed by atoms with Crippen molar-refractivity contribution < 1.29 is 9.90 Å². The average molecular weight is 260 g/mol. The normalized spacial score (nSPS) is 12.0. The summed E-state index contributed by atoms with van der Waals surface area (Å²) in [6.07, 6.45) is 1.55.